The Morgan fingerprint density at radius 1 is 1.23 bits per heavy atom. The third kappa shape index (κ3) is 3.52. The van der Waals surface area contributed by atoms with E-state index in [9.17, 15) is 4.79 Å². The zero-order valence-electron chi connectivity index (χ0n) is 15.6. The fraction of sp³-hybridized carbons (Fsp3) is 0.286. The van der Waals surface area contributed by atoms with E-state index in [4.69, 9.17) is 0 Å². The van der Waals surface area contributed by atoms with Gasteiger partial charge in [-0.1, -0.05) is 24.3 Å². The molecule has 0 saturated carbocycles. The van der Waals surface area contributed by atoms with Gasteiger partial charge >= 0.3 is 0 Å². The number of amides is 1. The minimum atomic E-state index is 0.0756. The molecule has 0 atom stereocenters. The first kappa shape index (κ1) is 17.9. The molecule has 26 heavy (non-hydrogen) atoms. The summed E-state index contributed by atoms with van der Waals surface area (Å²) in [4.78, 5) is 19.2. The molecule has 0 bridgehead atoms. The lowest BCUT2D eigenvalue weighted by atomic mass is 10.1. The van der Waals surface area contributed by atoms with Crippen LogP contribution in [0.3, 0.4) is 0 Å². The summed E-state index contributed by atoms with van der Waals surface area (Å²) in [7, 11) is 0. The van der Waals surface area contributed by atoms with Gasteiger partial charge in [0, 0.05) is 36.1 Å². The number of aromatic nitrogens is 3. The van der Waals surface area contributed by atoms with Gasteiger partial charge in [0.25, 0.3) is 0 Å². The molecule has 0 fully saturated rings. The van der Waals surface area contributed by atoms with Gasteiger partial charge in [0.2, 0.25) is 5.91 Å². The number of rotatable bonds is 6. The first-order chi connectivity index (χ1) is 12.5. The van der Waals surface area contributed by atoms with Crippen LogP contribution >= 0.6 is 0 Å². The van der Waals surface area contributed by atoms with E-state index in [2.05, 4.69) is 16.7 Å². The van der Waals surface area contributed by atoms with Crippen LogP contribution in [0.1, 0.15) is 29.1 Å². The highest BCUT2D eigenvalue weighted by atomic mass is 16.2. The molecule has 0 N–H and O–H groups in total. The largest absolute Gasteiger partial charge is 0.309 e. The maximum absolute atomic E-state index is 12.8. The van der Waals surface area contributed by atoms with E-state index in [1.54, 1.807) is 11.0 Å². The smallest absolute Gasteiger partial charge is 0.227 e. The van der Waals surface area contributed by atoms with Gasteiger partial charge in [0.15, 0.2) is 5.65 Å². The molecule has 5 heteroatoms. The molecule has 5 nitrogen and oxygen atoms in total. The van der Waals surface area contributed by atoms with Crippen molar-refractivity contribution in [2.75, 3.05) is 11.4 Å². The lowest BCUT2D eigenvalue weighted by Crippen LogP contribution is -2.31. The van der Waals surface area contributed by atoms with Crippen LogP contribution in [0.2, 0.25) is 0 Å². The fourth-order valence-electron chi connectivity index (χ4n) is 3.26. The zero-order chi connectivity index (χ0) is 18.7. The van der Waals surface area contributed by atoms with Gasteiger partial charge in [-0.3, -0.25) is 4.79 Å². The average molecular weight is 348 g/mol. The van der Waals surface area contributed by atoms with E-state index in [0.717, 1.165) is 34.0 Å². The second-order valence-electron chi connectivity index (χ2n) is 6.45. The second kappa shape index (κ2) is 7.52. The molecule has 1 aromatic carbocycles. The third-order valence-electron chi connectivity index (χ3n) is 4.56. The minimum absolute atomic E-state index is 0.0756. The monoisotopic (exact) mass is 348 g/mol. The van der Waals surface area contributed by atoms with Crippen LogP contribution in [-0.4, -0.2) is 27.0 Å². The Bertz CT molecular complexity index is 944. The van der Waals surface area contributed by atoms with Gasteiger partial charge in [-0.05, 0) is 44.9 Å². The SMILES string of the molecule is C=CCN(C(=O)CCc1c(C)nc2cc(C)nn2c1C)c1ccccc1. The number of benzene rings is 1. The number of aryl methyl sites for hydroxylation is 3. The van der Waals surface area contributed by atoms with E-state index in [-0.39, 0.29) is 5.91 Å². The summed E-state index contributed by atoms with van der Waals surface area (Å²) < 4.78 is 1.86. The van der Waals surface area contributed by atoms with Crippen molar-refractivity contribution < 1.29 is 4.79 Å². The zero-order valence-corrected chi connectivity index (χ0v) is 15.6. The fourth-order valence-corrected chi connectivity index (χ4v) is 3.26. The van der Waals surface area contributed by atoms with E-state index >= 15 is 0 Å². The van der Waals surface area contributed by atoms with Crippen LogP contribution in [0.5, 0.6) is 0 Å². The number of carbonyl (C=O) groups excluding carboxylic acids is 1. The molecule has 0 unspecified atom stereocenters. The molecule has 1 amide bonds. The number of anilines is 1. The van der Waals surface area contributed by atoms with Crippen molar-refractivity contribution in [2.24, 2.45) is 0 Å². The standard InChI is InChI=1S/C21H24N4O/c1-5-13-24(18-9-7-6-8-10-18)21(26)12-11-19-16(3)22-20-14-15(2)23-25(20)17(19)4/h5-10,14H,1,11-13H2,2-4H3. The summed E-state index contributed by atoms with van der Waals surface area (Å²) in [5, 5.41) is 4.50. The van der Waals surface area contributed by atoms with E-state index in [1.807, 2.05) is 61.7 Å². The lowest BCUT2D eigenvalue weighted by molar-refractivity contribution is -0.118. The summed E-state index contributed by atoms with van der Waals surface area (Å²) in [6, 6.07) is 11.7. The molecular weight excluding hydrogens is 324 g/mol. The summed E-state index contributed by atoms with van der Waals surface area (Å²) >= 11 is 0. The summed E-state index contributed by atoms with van der Waals surface area (Å²) in [6.45, 7) is 10.3. The van der Waals surface area contributed by atoms with E-state index in [1.165, 1.54) is 0 Å². The van der Waals surface area contributed by atoms with Crippen molar-refractivity contribution in [3.05, 3.63) is 71.7 Å². The van der Waals surface area contributed by atoms with Crippen LogP contribution in [0.15, 0.2) is 49.1 Å². The van der Waals surface area contributed by atoms with Crippen molar-refractivity contribution in [1.82, 2.24) is 14.6 Å². The lowest BCUT2D eigenvalue weighted by Gasteiger charge is -2.21. The van der Waals surface area contributed by atoms with Gasteiger partial charge in [0.1, 0.15) is 0 Å². The van der Waals surface area contributed by atoms with Gasteiger partial charge in [-0.15, -0.1) is 6.58 Å². The molecule has 3 rings (SSSR count). The van der Waals surface area contributed by atoms with Gasteiger partial charge in [-0.25, -0.2) is 9.50 Å². The maximum Gasteiger partial charge on any atom is 0.227 e. The van der Waals surface area contributed by atoms with Crippen molar-refractivity contribution in [3.8, 4) is 0 Å². The van der Waals surface area contributed by atoms with E-state index < -0.39 is 0 Å². The highest BCUT2D eigenvalue weighted by molar-refractivity contribution is 5.93. The predicted molar refractivity (Wildman–Crippen MR) is 105 cm³/mol. The molecule has 0 aliphatic carbocycles. The highest BCUT2D eigenvalue weighted by Crippen LogP contribution is 2.19. The molecular formula is C21H24N4O. The molecule has 0 aliphatic heterocycles. The van der Waals surface area contributed by atoms with Gasteiger partial charge < -0.3 is 4.90 Å². The van der Waals surface area contributed by atoms with Crippen LogP contribution in [-0.2, 0) is 11.2 Å². The molecule has 2 heterocycles. The molecule has 0 spiro atoms. The first-order valence-electron chi connectivity index (χ1n) is 8.80. The molecule has 134 valence electrons. The number of carbonyl (C=O) groups is 1. The Labute approximate surface area is 154 Å². The highest BCUT2D eigenvalue weighted by Gasteiger charge is 2.17. The number of hydrogen-bond donors (Lipinski definition) is 0. The van der Waals surface area contributed by atoms with Crippen molar-refractivity contribution in [2.45, 2.75) is 33.6 Å². The Hall–Kier alpha value is -2.95. The number of para-hydroxylation sites is 1. The average Bonchev–Trinajstić information content (AvgIpc) is 3.00. The Morgan fingerprint density at radius 3 is 2.65 bits per heavy atom. The normalized spacial score (nSPS) is 10.9. The number of nitrogens with zero attached hydrogens (tertiary/aromatic N) is 4. The van der Waals surface area contributed by atoms with Crippen molar-refractivity contribution >= 4 is 17.2 Å². The molecule has 0 saturated heterocycles. The van der Waals surface area contributed by atoms with Crippen LogP contribution < -0.4 is 4.90 Å². The van der Waals surface area contributed by atoms with Gasteiger partial charge in [0.05, 0.1) is 5.69 Å². The van der Waals surface area contributed by atoms with Crippen molar-refractivity contribution in [1.29, 1.82) is 0 Å². The quantitative estimate of drug-likeness (QED) is 0.637. The molecule has 3 aromatic rings. The molecule has 0 radical (unpaired) electrons. The van der Waals surface area contributed by atoms with Gasteiger partial charge in [-0.2, -0.15) is 5.10 Å². The topological polar surface area (TPSA) is 50.5 Å². The van der Waals surface area contributed by atoms with Crippen molar-refractivity contribution in [3.63, 3.8) is 0 Å². The molecule has 2 aromatic heterocycles. The van der Waals surface area contributed by atoms with Crippen LogP contribution in [0.25, 0.3) is 5.65 Å². The Kier molecular flexibility index (Phi) is 5.16. The molecule has 0 aliphatic rings. The Balaban J connectivity index is 1.82. The number of fused-ring (bicyclic) bond motifs is 1. The third-order valence-corrected chi connectivity index (χ3v) is 4.56. The second-order valence-corrected chi connectivity index (χ2v) is 6.45. The number of hydrogen-bond acceptors (Lipinski definition) is 3. The van der Waals surface area contributed by atoms with Crippen LogP contribution in [0.4, 0.5) is 5.69 Å². The van der Waals surface area contributed by atoms with Crippen LogP contribution in [0, 0.1) is 20.8 Å². The summed E-state index contributed by atoms with van der Waals surface area (Å²) in [6.07, 6.45) is 2.80. The summed E-state index contributed by atoms with van der Waals surface area (Å²) in [5.74, 6) is 0.0756. The Morgan fingerprint density at radius 2 is 1.96 bits per heavy atom. The predicted octanol–water partition coefficient (Wildman–Crippen LogP) is 3.81. The first-order valence-corrected chi connectivity index (χ1v) is 8.80. The minimum Gasteiger partial charge on any atom is -0.309 e. The maximum atomic E-state index is 12.8. The summed E-state index contributed by atoms with van der Waals surface area (Å²) in [5.41, 5.74) is 5.77. The van der Waals surface area contributed by atoms with E-state index in [0.29, 0.717) is 19.4 Å².